The summed E-state index contributed by atoms with van der Waals surface area (Å²) in [4.78, 5) is 22.4. The number of dihydropyridines is 1. The van der Waals surface area contributed by atoms with Gasteiger partial charge in [-0.05, 0) is 43.5 Å². The zero-order valence-corrected chi connectivity index (χ0v) is 16.8. The molecule has 1 unspecified atom stereocenters. The lowest BCUT2D eigenvalue weighted by molar-refractivity contribution is -0.285. The van der Waals surface area contributed by atoms with Crippen molar-refractivity contribution in [3.8, 4) is 0 Å². The molecule has 1 aromatic carbocycles. The summed E-state index contributed by atoms with van der Waals surface area (Å²) in [6.45, 7) is 6.39. The van der Waals surface area contributed by atoms with Crippen LogP contribution in [0.4, 0.5) is 0 Å². The number of esters is 1. The van der Waals surface area contributed by atoms with Crippen LogP contribution in [-0.4, -0.2) is 26.3 Å². The Kier molecular flexibility index (Phi) is 7.53. The molecule has 1 aliphatic rings. The third kappa shape index (κ3) is 4.60. The molecular weight excluding hydrogens is 377 g/mol. The summed E-state index contributed by atoms with van der Waals surface area (Å²) in [7, 11) is 1.37. The van der Waals surface area contributed by atoms with Gasteiger partial charge in [-0.2, -0.15) is 0 Å². The molecule has 0 fully saturated rings. The number of allylic oxidation sites excluding steroid dienone is 2. The fraction of sp³-hybridized carbons (Fsp3) is 0.421. The van der Waals surface area contributed by atoms with Gasteiger partial charge < -0.3 is 10.1 Å². The maximum Gasteiger partial charge on any atom is 0.309 e. The zero-order chi connectivity index (χ0) is 19.3. The van der Waals surface area contributed by atoms with E-state index in [1.54, 1.807) is 6.07 Å². The number of nitrogens with one attached hydrogen (secondary N) is 1. The molecule has 0 saturated heterocycles. The van der Waals surface area contributed by atoms with Gasteiger partial charge in [0, 0.05) is 17.3 Å². The Balaban J connectivity index is 2.54. The normalized spacial score (nSPS) is 17.4. The molecule has 0 saturated carbocycles. The minimum Gasteiger partial charge on any atom is -0.469 e. The van der Waals surface area contributed by atoms with E-state index < -0.39 is 0 Å². The quantitative estimate of drug-likeness (QED) is 0.310. The maximum absolute atomic E-state index is 12.0. The van der Waals surface area contributed by atoms with Crippen molar-refractivity contribution in [2.45, 2.75) is 33.1 Å². The predicted molar refractivity (Wildman–Crippen MR) is 102 cm³/mol. The average Bonchev–Trinajstić information content (AvgIpc) is 2.61. The number of hydrogen-bond donors (Lipinski definition) is 1. The molecule has 142 valence electrons. The number of carbonyl (C=O) groups excluding carboxylic acids is 1. The van der Waals surface area contributed by atoms with Crippen molar-refractivity contribution in [2.24, 2.45) is 0 Å². The first-order valence-corrected chi connectivity index (χ1v) is 9.07. The second kappa shape index (κ2) is 9.42. The Labute approximate surface area is 163 Å². The molecule has 1 aromatic rings. The second-order valence-corrected chi connectivity index (χ2v) is 6.71. The van der Waals surface area contributed by atoms with Gasteiger partial charge in [0.1, 0.15) is 6.61 Å². The monoisotopic (exact) mass is 399 g/mol. The summed E-state index contributed by atoms with van der Waals surface area (Å²) in [6, 6.07) is 5.48. The highest BCUT2D eigenvalue weighted by Gasteiger charge is 2.32. The van der Waals surface area contributed by atoms with Gasteiger partial charge in [0.15, 0.2) is 0 Å². The first-order chi connectivity index (χ1) is 12.4. The SMILES string of the molecule is CCOOCC1=C(C)NC(C)=C(CC(=O)OC)C1c1cccc(Cl)c1Cl. The van der Waals surface area contributed by atoms with Gasteiger partial charge in [0.05, 0.1) is 30.2 Å². The molecule has 7 heteroatoms. The number of halogens is 2. The molecule has 0 aromatic heterocycles. The van der Waals surface area contributed by atoms with Crippen molar-refractivity contribution in [1.82, 2.24) is 5.32 Å². The second-order valence-electron chi connectivity index (χ2n) is 5.92. The molecular formula is C19H23Cl2NO4. The first kappa shape index (κ1) is 20.8. The molecule has 26 heavy (non-hydrogen) atoms. The van der Waals surface area contributed by atoms with E-state index in [0.29, 0.717) is 16.7 Å². The Hall–Kier alpha value is -1.53. The number of methoxy groups -OCH3 is 1. The van der Waals surface area contributed by atoms with Crippen LogP contribution in [0.5, 0.6) is 0 Å². The molecule has 1 aliphatic heterocycles. The first-order valence-electron chi connectivity index (χ1n) is 8.32. The van der Waals surface area contributed by atoms with Gasteiger partial charge in [0.25, 0.3) is 0 Å². The van der Waals surface area contributed by atoms with Crippen molar-refractivity contribution in [1.29, 1.82) is 0 Å². The van der Waals surface area contributed by atoms with Crippen LogP contribution in [-0.2, 0) is 19.3 Å². The topological polar surface area (TPSA) is 56.8 Å². The molecule has 0 radical (unpaired) electrons. The highest BCUT2D eigenvalue weighted by Crippen LogP contribution is 2.43. The van der Waals surface area contributed by atoms with Crippen molar-refractivity contribution in [3.63, 3.8) is 0 Å². The largest absolute Gasteiger partial charge is 0.469 e. The third-order valence-corrected chi connectivity index (χ3v) is 5.14. The summed E-state index contributed by atoms with van der Waals surface area (Å²) >= 11 is 12.7. The van der Waals surface area contributed by atoms with Gasteiger partial charge in [0.2, 0.25) is 0 Å². The number of benzene rings is 1. The lowest BCUT2D eigenvalue weighted by Gasteiger charge is -2.33. The minimum atomic E-state index is -0.325. The molecule has 0 bridgehead atoms. The van der Waals surface area contributed by atoms with Crippen molar-refractivity contribution < 1.29 is 19.3 Å². The molecule has 0 spiro atoms. The molecule has 1 N–H and O–H groups in total. The Bertz CT molecular complexity index is 743. The van der Waals surface area contributed by atoms with Gasteiger partial charge >= 0.3 is 5.97 Å². The van der Waals surface area contributed by atoms with Crippen LogP contribution < -0.4 is 5.32 Å². The maximum atomic E-state index is 12.0. The third-order valence-electron chi connectivity index (χ3n) is 4.31. The van der Waals surface area contributed by atoms with Crippen LogP contribution in [0, 0.1) is 0 Å². The summed E-state index contributed by atoms with van der Waals surface area (Å²) < 4.78 is 4.87. The number of rotatable bonds is 7. The van der Waals surface area contributed by atoms with Gasteiger partial charge in [-0.25, -0.2) is 9.78 Å². The van der Waals surface area contributed by atoms with E-state index in [1.165, 1.54) is 7.11 Å². The van der Waals surface area contributed by atoms with Crippen LogP contribution in [0.3, 0.4) is 0 Å². The van der Waals surface area contributed by atoms with Crippen LogP contribution in [0.1, 0.15) is 38.7 Å². The Morgan fingerprint density at radius 2 is 1.85 bits per heavy atom. The fourth-order valence-electron chi connectivity index (χ4n) is 3.05. The van der Waals surface area contributed by atoms with E-state index in [9.17, 15) is 4.79 Å². The van der Waals surface area contributed by atoms with Crippen LogP contribution in [0.25, 0.3) is 0 Å². The summed E-state index contributed by atoms with van der Waals surface area (Å²) in [6.07, 6.45) is 0.133. The summed E-state index contributed by atoms with van der Waals surface area (Å²) in [5.74, 6) is -0.587. The van der Waals surface area contributed by atoms with E-state index in [4.69, 9.17) is 37.7 Å². The van der Waals surface area contributed by atoms with E-state index in [-0.39, 0.29) is 24.9 Å². The Morgan fingerprint density at radius 1 is 1.15 bits per heavy atom. The van der Waals surface area contributed by atoms with Gasteiger partial charge in [-0.3, -0.25) is 4.79 Å². The van der Waals surface area contributed by atoms with Crippen molar-refractivity contribution in [2.75, 3.05) is 20.3 Å². The van der Waals surface area contributed by atoms with Crippen molar-refractivity contribution in [3.05, 3.63) is 56.3 Å². The number of carbonyl (C=O) groups is 1. The van der Waals surface area contributed by atoms with Crippen LogP contribution >= 0.6 is 23.2 Å². The van der Waals surface area contributed by atoms with E-state index >= 15 is 0 Å². The van der Waals surface area contributed by atoms with E-state index in [1.807, 2.05) is 32.9 Å². The summed E-state index contributed by atoms with van der Waals surface area (Å²) in [5, 5.41) is 4.22. The number of ether oxygens (including phenoxy) is 1. The lowest BCUT2D eigenvalue weighted by atomic mass is 9.79. The van der Waals surface area contributed by atoms with Crippen LogP contribution in [0.2, 0.25) is 10.0 Å². The van der Waals surface area contributed by atoms with E-state index in [2.05, 4.69) is 5.32 Å². The van der Waals surface area contributed by atoms with Crippen molar-refractivity contribution >= 4 is 29.2 Å². The zero-order valence-electron chi connectivity index (χ0n) is 15.3. The smallest absolute Gasteiger partial charge is 0.309 e. The molecule has 2 rings (SSSR count). The molecule has 5 nitrogen and oxygen atoms in total. The van der Waals surface area contributed by atoms with Gasteiger partial charge in [-0.1, -0.05) is 35.3 Å². The van der Waals surface area contributed by atoms with E-state index in [0.717, 1.165) is 28.1 Å². The average molecular weight is 400 g/mol. The summed E-state index contributed by atoms with van der Waals surface area (Å²) in [5.41, 5.74) is 4.41. The van der Waals surface area contributed by atoms with Gasteiger partial charge in [-0.15, -0.1) is 0 Å². The van der Waals surface area contributed by atoms with Crippen LogP contribution in [0.15, 0.2) is 40.7 Å². The molecule has 1 atom stereocenters. The Morgan fingerprint density at radius 3 is 2.50 bits per heavy atom. The number of hydrogen-bond acceptors (Lipinski definition) is 5. The molecule has 0 amide bonds. The molecule has 0 aliphatic carbocycles. The standard InChI is InChI=1S/C19H23Cl2NO4/c1-5-25-26-10-15-12(3)22-11(2)14(9-17(23)24-4)18(15)13-7-6-8-16(20)19(13)21/h6-8,18,22H,5,9-10H2,1-4H3. The fourth-order valence-corrected chi connectivity index (χ4v) is 3.46. The highest BCUT2D eigenvalue weighted by atomic mass is 35.5. The lowest BCUT2D eigenvalue weighted by Crippen LogP contribution is -2.28. The minimum absolute atomic E-state index is 0.133. The highest BCUT2D eigenvalue weighted by molar-refractivity contribution is 6.42. The predicted octanol–water partition coefficient (Wildman–Crippen LogP) is 4.76. The molecule has 1 heterocycles.